The lowest BCUT2D eigenvalue weighted by molar-refractivity contribution is -0.136. The van der Waals surface area contributed by atoms with E-state index in [1.54, 1.807) is 10.9 Å². The quantitative estimate of drug-likeness (QED) is 0.666. The average Bonchev–Trinajstić information content (AvgIpc) is 3.08. The highest BCUT2D eigenvalue weighted by Gasteiger charge is 2.36. The highest BCUT2D eigenvalue weighted by Crippen LogP contribution is 2.36. The van der Waals surface area contributed by atoms with Gasteiger partial charge in [-0.15, -0.1) is 0 Å². The molecule has 144 valence electrons. The number of halogens is 3. The molecule has 0 bridgehead atoms. The number of nitrogens with zero attached hydrogens (tertiary/aromatic N) is 4. The van der Waals surface area contributed by atoms with E-state index >= 15 is 0 Å². The first-order valence-electron chi connectivity index (χ1n) is 8.46. The minimum absolute atomic E-state index is 0.0453. The number of pyridine rings is 1. The second-order valence-corrected chi connectivity index (χ2v) is 6.61. The van der Waals surface area contributed by atoms with E-state index in [1.165, 1.54) is 10.8 Å². The number of H-pyrrole nitrogens is 1. The number of rotatable bonds is 4. The molecule has 0 radical (unpaired) electrons. The number of hydrogen-bond donors (Lipinski definition) is 1. The molecule has 1 N–H and O–H groups in total. The summed E-state index contributed by atoms with van der Waals surface area (Å²) in [6, 6.07) is 0.650. The number of hydrogen-bond acceptors (Lipinski definition) is 4. The maximum Gasteiger partial charge on any atom is 0.417 e. The number of aromatic nitrogens is 5. The van der Waals surface area contributed by atoms with Crippen molar-refractivity contribution >= 4 is 23.3 Å². The molecule has 0 unspecified atom stereocenters. The van der Waals surface area contributed by atoms with Crippen LogP contribution in [-0.4, -0.2) is 24.3 Å². The molecule has 0 aliphatic rings. The Morgan fingerprint density at radius 2 is 2.04 bits per heavy atom. The Labute approximate surface area is 157 Å². The summed E-state index contributed by atoms with van der Waals surface area (Å²) in [6.45, 7) is 6.13. The molecular formula is C17H18F3N5OS. The van der Waals surface area contributed by atoms with Gasteiger partial charge in [0, 0.05) is 24.3 Å². The van der Waals surface area contributed by atoms with Crippen molar-refractivity contribution in [1.82, 2.24) is 24.3 Å². The van der Waals surface area contributed by atoms with Crippen molar-refractivity contribution < 1.29 is 13.2 Å². The van der Waals surface area contributed by atoms with Crippen LogP contribution in [0.3, 0.4) is 0 Å². The number of alkyl halides is 3. The van der Waals surface area contributed by atoms with Crippen LogP contribution in [0.15, 0.2) is 23.3 Å². The predicted molar refractivity (Wildman–Crippen MR) is 98.1 cm³/mol. The van der Waals surface area contributed by atoms with Crippen LogP contribution in [0.5, 0.6) is 0 Å². The van der Waals surface area contributed by atoms with Crippen molar-refractivity contribution in [3.05, 3.63) is 39.1 Å². The highest BCUT2D eigenvalue weighted by molar-refractivity contribution is 7.71. The summed E-state index contributed by atoms with van der Waals surface area (Å²) in [5.74, 6) is 0. The molecule has 3 aromatic heterocycles. The zero-order valence-corrected chi connectivity index (χ0v) is 15.8. The summed E-state index contributed by atoms with van der Waals surface area (Å²) in [5, 5.41) is 3.58. The standard InChI is InChI=1S/C17H18F3N5OS/c1-4-9(3)25-14-13(15(26)23-16(25)27)11(17(18,19)20)6-12(22-14)10-7-21-24(5-2)8-10/h6-9H,4-5H2,1-3H3,(H,23,26,27)/t9-/m1/s1. The minimum Gasteiger partial charge on any atom is -0.300 e. The molecule has 10 heteroatoms. The van der Waals surface area contributed by atoms with E-state index in [2.05, 4.69) is 15.1 Å². The van der Waals surface area contributed by atoms with Gasteiger partial charge in [0.1, 0.15) is 5.65 Å². The van der Waals surface area contributed by atoms with Crippen molar-refractivity contribution in [3.8, 4) is 11.3 Å². The largest absolute Gasteiger partial charge is 0.417 e. The number of aryl methyl sites for hydroxylation is 1. The Bertz CT molecular complexity index is 1110. The zero-order valence-electron chi connectivity index (χ0n) is 15.0. The molecule has 0 spiro atoms. The second-order valence-electron chi connectivity index (χ2n) is 6.22. The fourth-order valence-corrected chi connectivity index (χ4v) is 3.24. The third-order valence-electron chi connectivity index (χ3n) is 4.48. The molecule has 1 atom stereocenters. The van der Waals surface area contributed by atoms with E-state index in [9.17, 15) is 18.0 Å². The molecule has 0 aromatic carbocycles. The third-order valence-corrected chi connectivity index (χ3v) is 4.78. The SMILES string of the molecule is CC[C@@H](C)n1c(=S)[nH]c(=O)c2c(C(F)(F)F)cc(-c3cnn(CC)c3)nc21. The molecule has 0 aliphatic heterocycles. The molecule has 6 nitrogen and oxygen atoms in total. The molecule has 27 heavy (non-hydrogen) atoms. The van der Waals surface area contributed by atoms with Crippen LogP contribution in [0.4, 0.5) is 13.2 Å². The molecule has 0 aliphatic carbocycles. The van der Waals surface area contributed by atoms with Gasteiger partial charge in [0.05, 0.1) is 22.8 Å². The molecular weight excluding hydrogens is 379 g/mol. The van der Waals surface area contributed by atoms with E-state index in [0.717, 1.165) is 6.07 Å². The van der Waals surface area contributed by atoms with Crippen molar-refractivity contribution in [2.75, 3.05) is 0 Å². The normalized spacial score (nSPS) is 13.3. The van der Waals surface area contributed by atoms with Gasteiger partial charge in [0.2, 0.25) is 0 Å². The molecule has 3 rings (SSSR count). The Morgan fingerprint density at radius 3 is 2.59 bits per heavy atom. The van der Waals surface area contributed by atoms with Crippen LogP contribution >= 0.6 is 12.2 Å². The van der Waals surface area contributed by atoms with Crippen molar-refractivity contribution in [1.29, 1.82) is 0 Å². The van der Waals surface area contributed by atoms with E-state index in [4.69, 9.17) is 12.2 Å². The maximum absolute atomic E-state index is 13.7. The smallest absolute Gasteiger partial charge is 0.300 e. The molecule has 0 saturated carbocycles. The van der Waals surface area contributed by atoms with Gasteiger partial charge in [-0.25, -0.2) is 4.98 Å². The predicted octanol–water partition coefficient (Wildman–Crippen LogP) is 4.33. The summed E-state index contributed by atoms with van der Waals surface area (Å²) in [4.78, 5) is 19.1. The topological polar surface area (TPSA) is 68.5 Å². The van der Waals surface area contributed by atoms with Gasteiger partial charge in [-0.05, 0) is 38.6 Å². The lowest BCUT2D eigenvalue weighted by Crippen LogP contribution is -2.22. The van der Waals surface area contributed by atoms with Crippen molar-refractivity contribution in [3.63, 3.8) is 0 Å². The molecule has 0 saturated heterocycles. The summed E-state index contributed by atoms with van der Waals surface area (Å²) in [5.41, 5.74) is -1.49. The monoisotopic (exact) mass is 397 g/mol. The Morgan fingerprint density at radius 1 is 1.33 bits per heavy atom. The van der Waals surface area contributed by atoms with Crippen LogP contribution in [0.25, 0.3) is 22.3 Å². The van der Waals surface area contributed by atoms with Gasteiger partial charge in [-0.1, -0.05) is 6.92 Å². The van der Waals surface area contributed by atoms with Crippen LogP contribution in [0, 0.1) is 4.77 Å². The van der Waals surface area contributed by atoms with Gasteiger partial charge in [0.25, 0.3) is 5.56 Å². The number of nitrogens with one attached hydrogen (secondary N) is 1. The Kier molecular flexibility index (Phi) is 4.94. The lowest BCUT2D eigenvalue weighted by Gasteiger charge is -2.19. The van der Waals surface area contributed by atoms with E-state index < -0.39 is 22.7 Å². The van der Waals surface area contributed by atoms with E-state index in [1.807, 2.05) is 20.8 Å². The first-order valence-corrected chi connectivity index (χ1v) is 8.87. The van der Waals surface area contributed by atoms with Gasteiger partial charge >= 0.3 is 6.18 Å². The van der Waals surface area contributed by atoms with E-state index in [-0.39, 0.29) is 22.2 Å². The Balaban J connectivity index is 2.47. The van der Waals surface area contributed by atoms with Crippen molar-refractivity contribution in [2.45, 2.75) is 46.0 Å². The lowest BCUT2D eigenvalue weighted by atomic mass is 10.1. The second kappa shape index (κ2) is 6.91. The summed E-state index contributed by atoms with van der Waals surface area (Å²) in [7, 11) is 0. The van der Waals surface area contributed by atoms with Gasteiger partial charge < -0.3 is 0 Å². The van der Waals surface area contributed by atoms with Crippen LogP contribution in [0.2, 0.25) is 0 Å². The summed E-state index contributed by atoms with van der Waals surface area (Å²) < 4.78 is 44.3. The van der Waals surface area contributed by atoms with Gasteiger partial charge in [-0.2, -0.15) is 18.3 Å². The zero-order chi connectivity index (χ0) is 19.9. The first-order chi connectivity index (χ1) is 12.7. The fraction of sp³-hybridized carbons (Fsp3) is 0.412. The van der Waals surface area contributed by atoms with Crippen molar-refractivity contribution in [2.24, 2.45) is 0 Å². The Hall–Kier alpha value is -2.49. The molecule has 0 amide bonds. The summed E-state index contributed by atoms with van der Waals surface area (Å²) in [6.07, 6.45) is -1.05. The van der Waals surface area contributed by atoms with Gasteiger partial charge in [-0.3, -0.25) is 19.0 Å². The number of aromatic amines is 1. The molecule has 3 heterocycles. The highest BCUT2D eigenvalue weighted by atomic mass is 32.1. The first kappa shape index (κ1) is 19.3. The van der Waals surface area contributed by atoms with E-state index in [0.29, 0.717) is 18.5 Å². The fourth-order valence-electron chi connectivity index (χ4n) is 2.88. The third kappa shape index (κ3) is 3.41. The number of fused-ring (bicyclic) bond motifs is 1. The molecule has 0 fully saturated rings. The summed E-state index contributed by atoms with van der Waals surface area (Å²) >= 11 is 5.20. The molecule has 3 aromatic rings. The minimum atomic E-state index is -4.72. The average molecular weight is 397 g/mol. The van der Waals surface area contributed by atoms with Crippen LogP contribution < -0.4 is 5.56 Å². The van der Waals surface area contributed by atoms with Crippen LogP contribution in [0.1, 0.15) is 38.8 Å². The van der Waals surface area contributed by atoms with Gasteiger partial charge in [0.15, 0.2) is 4.77 Å². The van der Waals surface area contributed by atoms with Crippen LogP contribution in [-0.2, 0) is 12.7 Å². The maximum atomic E-state index is 13.7.